The highest BCUT2D eigenvalue weighted by Gasteiger charge is 2.20. The highest BCUT2D eigenvalue weighted by atomic mass is 16.1. The number of carbonyl (C=O) groups excluding carboxylic acids is 1. The molecular weight excluding hydrogens is 314 g/mol. The quantitative estimate of drug-likeness (QED) is 0.768. The molecule has 6 nitrogen and oxygen atoms in total. The molecule has 2 unspecified atom stereocenters. The van der Waals surface area contributed by atoms with Crippen LogP contribution in [-0.2, 0) is 4.79 Å². The van der Waals surface area contributed by atoms with E-state index in [1.807, 2.05) is 32.4 Å². The lowest BCUT2D eigenvalue weighted by atomic mass is 10.1. The standard InChI is InChI=1S/C19H33N5O/c1-16(14-22(3)4)13-19(25)21-17(2)15-23-9-11-24(12-10-23)18-7-5-6-8-20-18/h5-8,16-17H,9-15H2,1-4H3,(H,21,25). The number of nitrogens with one attached hydrogen (secondary N) is 1. The number of aromatic nitrogens is 1. The number of rotatable bonds is 8. The minimum Gasteiger partial charge on any atom is -0.354 e. The Balaban J connectivity index is 1.68. The maximum absolute atomic E-state index is 12.2. The van der Waals surface area contributed by atoms with Crippen LogP contribution in [0, 0.1) is 5.92 Å². The minimum atomic E-state index is 0.161. The Hall–Kier alpha value is -1.66. The van der Waals surface area contributed by atoms with Gasteiger partial charge in [-0.2, -0.15) is 0 Å². The molecule has 2 heterocycles. The Morgan fingerprint density at radius 2 is 1.96 bits per heavy atom. The van der Waals surface area contributed by atoms with E-state index in [4.69, 9.17) is 0 Å². The number of pyridine rings is 1. The molecule has 1 saturated heterocycles. The Morgan fingerprint density at radius 1 is 1.24 bits per heavy atom. The summed E-state index contributed by atoms with van der Waals surface area (Å²) in [6.45, 7) is 10.1. The summed E-state index contributed by atoms with van der Waals surface area (Å²) >= 11 is 0. The van der Waals surface area contributed by atoms with Crippen molar-refractivity contribution >= 4 is 11.7 Å². The van der Waals surface area contributed by atoms with Gasteiger partial charge in [-0.15, -0.1) is 0 Å². The number of hydrogen-bond acceptors (Lipinski definition) is 5. The number of amides is 1. The van der Waals surface area contributed by atoms with Crippen molar-refractivity contribution in [3.05, 3.63) is 24.4 Å². The molecule has 140 valence electrons. The van der Waals surface area contributed by atoms with Crippen molar-refractivity contribution in [3.8, 4) is 0 Å². The lowest BCUT2D eigenvalue weighted by Gasteiger charge is -2.36. The third-order valence-electron chi connectivity index (χ3n) is 4.50. The van der Waals surface area contributed by atoms with Crippen molar-refractivity contribution in [2.24, 2.45) is 5.92 Å². The second kappa shape index (κ2) is 9.73. The fraction of sp³-hybridized carbons (Fsp3) is 0.684. The molecule has 6 heteroatoms. The summed E-state index contributed by atoms with van der Waals surface area (Å²) in [6, 6.07) is 6.22. The lowest BCUT2D eigenvalue weighted by molar-refractivity contribution is -0.122. The summed E-state index contributed by atoms with van der Waals surface area (Å²) in [7, 11) is 4.09. The van der Waals surface area contributed by atoms with E-state index in [1.165, 1.54) is 0 Å². The highest BCUT2D eigenvalue weighted by molar-refractivity contribution is 5.76. The molecule has 1 aliphatic rings. The SMILES string of the molecule is CC(CC(=O)NC(C)CN1CCN(c2ccccn2)CC1)CN(C)C. The van der Waals surface area contributed by atoms with Gasteiger partial charge in [0, 0.05) is 57.9 Å². The van der Waals surface area contributed by atoms with Gasteiger partial charge in [0.1, 0.15) is 5.82 Å². The van der Waals surface area contributed by atoms with Gasteiger partial charge in [0.2, 0.25) is 5.91 Å². The molecule has 25 heavy (non-hydrogen) atoms. The number of piperazine rings is 1. The lowest BCUT2D eigenvalue weighted by Crippen LogP contribution is -2.51. The maximum Gasteiger partial charge on any atom is 0.220 e. The summed E-state index contributed by atoms with van der Waals surface area (Å²) in [5, 5.41) is 3.15. The summed E-state index contributed by atoms with van der Waals surface area (Å²) in [4.78, 5) is 23.5. The first-order valence-electron chi connectivity index (χ1n) is 9.26. The van der Waals surface area contributed by atoms with E-state index in [9.17, 15) is 4.79 Å². The van der Waals surface area contributed by atoms with Crippen LogP contribution in [0.5, 0.6) is 0 Å². The van der Waals surface area contributed by atoms with Gasteiger partial charge >= 0.3 is 0 Å². The average Bonchev–Trinajstić information content (AvgIpc) is 2.55. The van der Waals surface area contributed by atoms with Gasteiger partial charge in [-0.3, -0.25) is 9.69 Å². The smallest absolute Gasteiger partial charge is 0.220 e. The van der Waals surface area contributed by atoms with Crippen LogP contribution in [0.15, 0.2) is 24.4 Å². The molecule has 1 aromatic rings. The first kappa shape index (κ1) is 19.7. The van der Waals surface area contributed by atoms with Crippen molar-refractivity contribution in [2.45, 2.75) is 26.3 Å². The number of carbonyl (C=O) groups is 1. The minimum absolute atomic E-state index is 0.161. The van der Waals surface area contributed by atoms with Gasteiger partial charge in [0.25, 0.3) is 0 Å². The van der Waals surface area contributed by atoms with Crippen LogP contribution < -0.4 is 10.2 Å². The second-order valence-electron chi connectivity index (χ2n) is 7.52. The number of hydrogen-bond donors (Lipinski definition) is 1. The average molecular weight is 348 g/mol. The van der Waals surface area contributed by atoms with E-state index in [0.29, 0.717) is 12.3 Å². The number of nitrogens with zero attached hydrogens (tertiary/aromatic N) is 4. The molecule has 0 saturated carbocycles. The van der Waals surface area contributed by atoms with Gasteiger partial charge < -0.3 is 15.1 Å². The zero-order valence-corrected chi connectivity index (χ0v) is 16.1. The predicted octanol–water partition coefficient (Wildman–Crippen LogP) is 1.30. The first-order chi connectivity index (χ1) is 11.9. The van der Waals surface area contributed by atoms with Crippen molar-refractivity contribution in [2.75, 3.05) is 58.3 Å². The molecule has 2 rings (SSSR count). The summed E-state index contributed by atoms with van der Waals surface area (Å²) < 4.78 is 0. The van der Waals surface area contributed by atoms with E-state index in [-0.39, 0.29) is 11.9 Å². The van der Waals surface area contributed by atoms with Crippen LogP contribution in [0.4, 0.5) is 5.82 Å². The largest absolute Gasteiger partial charge is 0.354 e. The van der Waals surface area contributed by atoms with Gasteiger partial charge in [0.05, 0.1) is 0 Å². The van der Waals surface area contributed by atoms with E-state index in [1.54, 1.807) is 0 Å². The van der Waals surface area contributed by atoms with Crippen LogP contribution in [0.1, 0.15) is 20.3 Å². The fourth-order valence-corrected chi connectivity index (χ4v) is 3.47. The molecule has 1 N–H and O–H groups in total. The van der Waals surface area contributed by atoms with E-state index in [0.717, 1.165) is 45.1 Å². The van der Waals surface area contributed by atoms with Gasteiger partial charge in [0.15, 0.2) is 0 Å². The van der Waals surface area contributed by atoms with Gasteiger partial charge in [-0.05, 0) is 39.1 Å². The first-order valence-corrected chi connectivity index (χ1v) is 9.26. The van der Waals surface area contributed by atoms with Crippen molar-refractivity contribution < 1.29 is 4.79 Å². The molecule has 2 atom stereocenters. The molecule has 1 aromatic heterocycles. The topological polar surface area (TPSA) is 51.7 Å². The van der Waals surface area contributed by atoms with E-state index >= 15 is 0 Å². The van der Waals surface area contributed by atoms with Crippen LogP contribution in [-0.4, -0.2) is 80.1 Å². The van der Waals surface area contributed by atoms with E-state index < -0.39 is 0 Å². The van der Waals surface area contributed by atoms with E-state index in [2.05, 4.69) is 44.9 Å². The van der Waals surface area contributed by atoms with Crippen LogP contribution in [0.3, 0.4) is 0 Å². The predicted molar refractivity (Wildman–Crippen MR) is 103 cm³/mol. The normalized spacial score (nSPS) is 18.2. The van der Waals surface area contributed by atoms with Gasteiger partial charge in [-0.1, -0.05) is 13.0 Å². The van der Waals surface area contributed by atoms with Crippen molar-refractivity contribution in [1.82, 2.24) is 20.1 Å². The Morgan fingerprint density at radius 3 is 2.56 bits per heavy atom. The molecule has 1 amide bonds. The van der Waals surface area contributed by atoms with Crippen LogP contribution in [0.25, 0.3) is 0 Å². The second-order valence-corrected chi connectivity index (χ2v) is 7.52. The zero-order chi connectivity index (χ0) is 18.2. The molecule has 0 aliphatic carbocycles. The van der Waals surface area contributed by atoms with Gasteiger partial charge in [-0.25, -0.2) is 4.98 Å². The summed E-state index contributed by atoms with van der Waals surface area (Å²) in [6.07, 6.45) is 2.44. The molecule has 0 bridgehead atoms. The highest BCUT2D eigenvalue weighted by Crippen LogP contribution is 2.12. The molecule has 1 aliphatic heterocycles. The Bertz CT molecular complexity index is 514. The van der Waals surface area contributed by atoms with Crippen LogP contribution in [0.2, 0.25) is 0 Å². The zero-order valence-electron chi connectivity index (χ0n) is 16.1. The fourth-order valence-electron chi connectivity index (χ4n) is 3.47. The molecule has 0 radical (unpaired) electrons. The van der Waals surface area contributed by atoms with Crippen LogP contribution >= 0.6 is 0 Å². The molecular formula is C19H33N5O. The van der Waals surface area contributed by atoms with Crippen molar-refractivity contribution in [3.63, 3.8) is 0 Å². The molecule has 0 aromatic carbocycles. The third-order valence-corrected chi connectivity index (χ3v) is 4.50. The third kappa shape index (κ3) is 7.00. The monoisotopic (exact) mass is 347 g/mol. The Labute approximate surface area is 152 Å². The number of anilines is 1. The molecule has 1 fully saturated rings. The molecule has 0 spiro atoms. The maximum atomic E-state index is 12.2. The summed E-state index contributed by atoms with van der Waals surface area (Å²) in [5.41, 5.74) is 0. The summed E-state index contributed by atoms with van der Waals surface area (Å²) in [5.74, 6) is 1.59. The van der Waals surface area contributed by atoms with Crippen molar-refractivity contribution in [1.29, 1.82) is 0 Å². The Kier molecular flexibility index (Phi) is 7.65.